The lowest BCUT2D eigenvalue weighted by Gasteiger charge is -2.38. The third kappa shape index (κ3) is 3.68. The van der Waals surface area contributed by atoms with Gasteiger partial charge in [-0.15, -0.1) is 0 Å². The molecular weight excluding hydrogens is 383 g/mol. The Morgan fingerprint density at radius 2 is 1.67 bits per heavy atom. The van der Waals surface area contributed by atoms with Crippen LogP contribution in [0.2, 0.25) is 0 Å². The van der Waals surface area contributed by atoms with Crippen LogP contribution in [0.3, 0.4) is 0 Å². The van der Waals surface area contributed by atoms with Crippen molar-refractivity contribution in [2.75, 3.05) is 26.1 Å². The van der Waals surface area contributed by atoms with E-state index >= 15 is 0 Å². The Hall–Kier alpha value is -3.54. The third-order valence-electron chi connectivity index (χ3n) is 5.37. The summed E-state index contributed by atoms with van der Waals surface area (Å²) in [5.41, 5.74) is 3.19. The molecule has 1 aliphatic rings. The molecule has 154 valence electrons. The number of nitrogens with zero attached hydrogens (tertiary/aromatic N) is 1. The van der Waals surface area contributed by atoms with E-state index in [2.05, 4.69) is 5.32 Å². The van der Waals surface area contributed by atoms with Gasteiger partial charge in [-0.05, 0) is 47.4 Å². The number of carbonyl (C=O) groups is 1. The first-order chi connectivity index (χ1) is 14.6. The van der Waals surface area contributed by atoms with Crippen molar-refractivity contribution in [3.63, 3.8) is 0 Å². The van der Waals surface area contributed by atoms with Crippen LogP contribution in [-0.4, -0.2) is 31.7 Å². The molecule has 0 saturated carbocycles. The lowest BCUT2D eigenvalue weighted by molar-refractivity contribution is 0.193. The first kappa shape index (κ1) is 19.8. The summed E-state index contributed by atoms with van der Waals surface area (Å²) in [7, 11) is 3.20. The van der Waals surface area contributed by atoms with Crippen LogP contribution >= 0.6 is 0 Å². The van der Waals surface area contributed by atoms with Crippen molar-refractivity contribution >= 4 is 11.7 Å². The predicted octanol–water partition coefficient (Wildman–Crippen LogP) is 5.02. The van der Waals surface area contributed by atoms with Crippen LogP contribution < -0.4 is 14.8 Å². The fourth-order valence-electron chi connectivity index (χ4n) is 3.91. The monoisotopic (exact) mass is 406 g/mol. The number of hydrogen-bond donors (Lipinski definition) is 1. The van der Waals surface area contributed by atoms with Gasteiger partial charge in [-0.3, -0.25) is 0 Å². The number of fused-ring (bicyclic) bond motifs is 1. The number of amides is 2. The Kier molecular flexibility index (Phi) is 5.57. The van der Waals surface area contributed by atoms with Gasteiger partial charge in [0.1, 0.15) is 5.82 Å². The highest BCUT2D eigenvalue weighted by Crippen LogP contribution is 2.41. The minimum atomic E-state index is -0.467. The van der Waals surface area contributed by atoms with Gasteiger partial charge in [0.25, 0.3) is 0 Å². The van der Waals surface area contributed by atoms with E-state index < -0.39 is 5.82 Å². The number of anilines is 1. The van der Waals surface area contributed by atoms with Crippen molar-refractivity contribution in [2.24, 2.45) is 0 Å². The van der Waals surface area contributed by atoms with Crippen molar-refractivity contribution in [3.05, 3.63) is 89.2 Å². The van der Waals surface area contributed by atoms with E-state index in [0.29, 0.717) is 24.5 Å². The molecule has 1 unspecified atom stereocenters. The fraction of sp³-hybridized carbons (Fsp3) is 0.208. The second-order valence-electron chi connectivity index (χ2n) is 7.07. The highest BCUT2D eigenvalue weighted by Gasteiger charge is 2.33. The molecule has 1 aliphatic heterocycles. The largest absolute Gasteiger partial charge is 0.493 e. The molecule has 0 fully saturated rings. The average molecular weight is 406 g/mol. The number of carbonyl (C=O) groups excluding carboxylic acids is 1. The van der Waals surface area contributed by atoms with Crippen LogP contribution in [0.1, 0.15) is 22.7 Å². The summed E-state index contributed by atoms with van der Waals surface area (Å²) in [6.07, 6.45) is 0.656. The Morgan fingerprint density at radius 1 is 1.00 bits per heavy atom. The van der Waals surface area contributed by atoms with E-state index in [1.54, 1.807) is 37.3 Å². The van der Waals surface area contributed by atoms with E-state index in [-0.39, 0.29) is 17.8 Å². The lowest BCUT2D eigenvalue weighted by Crippen LogP contribution is -2.43. The molecule has 30 heavy (non-hydrogen) atoms. The summed E-state index contributed by atoms with van der Waals surface area (Å²) in [6, 6.07) is 19.2. The Morgan fingerprint density at radius 3 is 2.37 bits per heavy atom. The van der Waals surface area contributed by atoms with Crippen molar-refractivity contribution in [3.8, 4) is 11.5 Å². The molecule has 0 aromatic heterocycles. The molecule has 0 spiro atoms. The molecule has 3 aromatic rings. The average Bonchev–Trinajstić information content (AvgIpc) is 2.79. The van der Waals surface area contributed by atoms with Crippen molar-refractivity contribution < 1.29 is 18.7 Å². The number of para-hydroxylation sites is 1. The zero-order valence-electron chi connectivity index (χ0n) is 16.9. The molecule has 0 aliphatic carbocycles. The molecule has 6 heteroatoms. The minimum absolute atomic E-state index is 0.160. The van der Waals surface area contributed by atoms with E-state index in [0.717, 1.165) is 16.7 Å². The maximum atomic E-state index is 14.1. The Bertz CT molecular complexity index is 1060. The Balaban J connectivity index is 1.76. The number of halogens is 1. The summed E-state index contributed by atoms with van der Waals surface area (Å²) in [5, 5.41) is 2.72. The van der Waals surface area contributed by atoms with Crippen molar-refractivity contribution in [1.29, 1.82) is 0 Å². The van der Waals surface area contributed by atoms with E-state index in [9.17, 15) is 9.18 Å². The molecule has 3 aromatic carbocycles. The van der Waals surface area contributed by atoms with Crippen molar-refractivity contribution in [1.82, 2.24) is 4.90 Å². The molecule has 0 bridgehead atoms. The summed E-state index contributed by atoms with van der Waals surface area (Å²) in [5.74, 6) is 0.798. The van der Waals surface area contributed by atoms with Crippen LogP contribution in [0.25, 0.3) is 0 Å². The molecule has 1 atom stereocenters. The van der Waals surface area contributed by atoms with Gasteiger partial charge >= 0.3 is 6.03 Å². The summed E-state index contributed by atoms with van der Waals surface area (Å²) in [4.78, 5) is 14.9. The summed E-state index contributed by atoms with van der Waals surface area (Å²) in [6.45, 7) is 0.488. The van der Waals surface area contributed by atoms with Crippen LogP contribution in [0.5, 0.6) is 11.5 Å². The first-order valence-corrected chi connectivity index (χ1v) is 9.74. The second-order valence-corrected chi connectivity index (χ2v) is 7.07. The van der Waals surface area contributed by atoms with Gasteiger partial charge in [-0.2, -0.15) is 0 Å². The maximum Gasteiger partial charge on any atom is 0.322 e. The molecule has 0 saturated heterocycles. The second kappa shape index (κ2) is 8.45. The molecule has 1 heterocycles. The minimum Gasteiger partial charge on any atom is -0.493 e. The molecule has 4 rings (SSSR count). The van der Waals surface area contributed by atoms with E-state index in [1.807, 2.05) is 42.5 Å². The number of methoxy groups -OCH3 is 2. The van der Waals surface area contributed by atoms with Gasteiger partial charge in [0.15, 0.2) is 11.5 Å². The van der Waals surface area contributed by atoms with Gasteiger partial charge in [-0.1, -0.05) is 42.5 Å². The number of ether oxygens (including phenoxy) is 2. The Labute approximate surface area is 175 Å². The summed E-state index contributed by atoms with van der Waals surface area (Å²) >= 11 is 0. The van der Waals surface area contributed by atoms with Gasteiger partial charge in [0, 0.05) is 6.54 Å². The summed E-state index contributed by atoms with van der Waals surface area (Å²) < 4.78 is 25.0. The lowest BCUT2D eigenvalue weighted by atomic mass is 9.88. The van der Waals surface area contributed by atoms with E-state index in [4.69, 9.17) is 9.47 Å². The molecule has 5 nitrogen and oxygen atoms in total. The van der Waals surface area contributed by atoms with Gasteiger partial charge < -0.3 is 19.7 Å². The van der Waals surface area contributed by atoms with E-state index in [1.165, 1.54) is 6.07 Å². The number of benzene rings is 3. The number of urea groups is 1. The van der Waals surface area contributed by atoms with Crippen molar-refractivity contribution in [2.45, 2.75) is 12.5 Å². The fourth-order valence-corrected chi connectivity index (χ4v) is 3.91. The normalized spacial score (nSPS) is 15.3. The predicted molar refractivity (Wildman–Crippen MR) is 114 cm³/mol. The topological polar surface area (TPSA) is 50.8 Å². The SMILES string of the molecule is COc1cc2c(cc1OC)C(c1ccccc1)N(C(=O)Nc1ccccc1F)CC2. The first-order valence-electron chi connectivity index (χ1n) is 9.74. The van der Waals surface area contributed by atoms with Crippen LogP contribution in [0.4, 0.5) is 14.9 Å². The number of rotatable bonds is 4. The molecule has 0 radical (unpaired) electrons. The van der Waals surface area contributed by atoms with Crippen LogP contribution in [-0.2, 0) is 6.42 Å². The highest BCUT2D eigenvalue weighted by atomic mass is 19.1. The maximum absolute atomic E-state index is 14.1. The quantitative estimate of drug-likeness (QED) is 0.662. The number of nitrogens with one attached hydrogen (secondary N) is 1. The molecule has 1 N–H and O–H groups in total. The van der Waals surface area contributed by atoms with Gasteiger partial charge in [-0.25, -0.2) is 9.18 Å². The molecule has 2 amide bonds. The van der Waals surface area contributed by atoms with Gasteiger partial charge in [0.05, 0.1) is 25.9 Å². The highest BCUT2D eigenvalue weighted by molar-refractivity contribution is 5.90. The van der Waals surface area contributed by atoms with Gasteiger partial charge in [0.2, 0.25) is 0 Å². The zero-order chi connectivity index (χ0) is 21.1. The standard InChI is InChI=1S/C24H23FN2O3/c1-29-21-14-17-12-13-27(24(28)26-20-11-7-6-10-19(20)25)23(16-8-4-3-5-9-16)18(17)15-22(21)30-2/h3-11,14-15,23H,12-13H2,1-2H3,(H,26,28). The smallest absolute Gasteiger partial charge is 0.322 e. The zero-order valence-corrected chi connectivity index (χ0v) is 16.9. The van der Waals surface area contributed by atoms with Crippen LogP contribution in [0.15, 0.2) is 66.7 Å². The van der Waals surface area contributed by atoms with Crippen LogP contribution in [0, 0.1) is 5.82 Å². The number of hydrogen-bond acceptors (Lipinski definition) is 3. The molecular formula is C24H23FN2O3. The third-order valence-corrected chi connectivity index (χ3v) is 5.37.